The fourth-order valence-corrected chi connectivity index (χ4v) is 6.02. The maximum Gasteiger partial charge on any atom is 0.192 e. The third-order valence-corrected chi connectivity index (χ3v) is 18.3. The number of hydrogen-bond acceptors (Lipinski definition) is 2. The molecule has 0 aliphatic rings. The van der Waals surface area contributed by atoms with Crippen molar-refractivity contribution < 1.29 is 8.85 Å². The molecule has 0 fully saturated rings. The molecular weight excluding hydrogens is 656 g/mol. The molecule has 0 aromatic heterocycles. The number of hydrogen-bond donors (Lipinski definition) is 0. The van der Waals surface area contributed by atoms with Crippen LogP contribution < -0.4 is 0 Å². The van der Waals surface area contributed by atoms with Crippen molar-refractivity contribution in [1.29, 1.82) is 0 Å². The number of halogens is 2. The molecule has 2 nitrogen and oxygen atoms in total. The van der Waals surface area contributed by atoms with E-state index in [9.17, 15) is 0 Å². The van der Waals surface area contributed by atoms with E-state index in [1.165, 1.54) is 33.4 Å². The smallest absolute Gasteiger partial charge is 0.192 e. The zero-order valence-corrected chi connectivity index (χ0v) is 32.0. The first kappa shape index (κ1) is 35.4. The molecule has 2 aromatic carbocycles. The van der Waals surface area contributed by atoms with Gasteiger partial charge in [0, 0.05) is 0 Å². The molecule has 0 N–H and O–H groups in total. The van der Waals surface area contributed by atoms with Crippen LogP contribution in [0.4, 0.5) is 0 Å². The van der Waals surface area contributed by atoms with Gasteiger partial charge < -0.3 is 8.85 Å². The fourth-order valence-electron chi connectivity index (χ4n) is 3.86. The van der Waals surface area contributed by atoms with Gasteiger partial charge in [0.15, 0.2) is 16.6 Å². The lowest BCUT2D eigenvalue weighted by Crippen LogP contribution is -2.41. The lowest BCUT2D eigenvalue weighted by Gasteiger charge is -2.37. The van der Waals surface area contributed by atoms with E-state index in [2.05, 4.69) is 161 Å². The summed E-state index contributed by atoms with van der Waals surface area (Å²) in [6.07, 6.45) is 7.22. The maximum absolute atomic E-state index is 6.71. The first-order chi connectivity index (χ1) is 18.4. The zero-order chi connectivity index (χ0) is 30.4. The van der Waals surface area contributed by atoms with Crippen LogP contribution in [0.25, 0.3) is 5.57 Å². The van der Waals surface area contributed by atoms with Crippen molar-refractivity contribution in [2.45, 2.75) is 117 Å². The fraction of sp³-hybridized carbons (Fsp3) is 0.529. The summed E-state index contributed by atoms with van der Waals surface area (Å²) < 4.78 is 14.3. The van der Waals surface area contributed by atoms with Crippen LogP contribution in [-0.2, 0) is 34.9 Å². The minimum absolute atomic E-state index is 0.180. The van der Waals surface area contributed by atoms with E-state index in [1.807, 2.05) is 0 Å². The zero-order valence-electron chi connectivity index (χ0n) is 26.8. The highest BCUT2D eigenvalue weighted by Crippen LogP contribution is 2.39. The summed E-state index contributed by atoms with van der Waals surface area (Å²) in [5.41, 5.74) is 7.88. The van der Waals surface area contributed by atoms with Gasteiger partial charge >= 0.3 is 0 Å². The Morgan fingerprint density at radius 1 is 0.725 bits per heavy atom. The second-order valence-electron chi connectivity index (χ2n) is 13.9. The standard InChI is InChI=1S/C34H52Br2O2Si2/c1-12-28(20-21-32(35)36)29-15-13-14-26(22-29)16-17-27-18-19-30(24-37-39(8,9)33(2,3)4)31(23-27)25-38-40(10,11)34(5,6)7/h13-15,18-23H,12,16-17,24-25H2,1-11H3/b28-20+. The molecule has 0 unspecified atom stereocenters. The molecule has 0 saturated carbocycles. The number of aryl methyl sites for hydroxylation is 2. The van der Waals surface area contributed by atoms with Crippen molar-refractivity contribution in [3.8, 4) is 0 Å². The second-order valence-corrected chi connectivity index (χ2v) is 26.3. The summed E-state index contributed by atoms with van der Waals surface area (Å²) in [4.78, 5) is 0. The van der Waals surface area contributed by atoms with Gasteiger partial charge in [-0.25, -0.2) is 0 Å². The van der Waals surface area contributed by atoms with Crippen molar-refractivity contribution in [3.05, 3.63) is 85.8 Å². The number of rotatable bonds is 12. The average Bonchev–Trinajstić information content (AvgIpc) is 2.84. The van der Waals surface area contributed by atoms with Crippen LogP contribution in [0, 0.1) is 0 Å². The molecule has 222 valence electrons. The topological polar surface area (TPSA) is 18.5 Å². The molecule has 0 atom stereocenters. The van der Waals surface area contributed by atoms with Gasteiger partial charge in [0.25, 0.3) is 0 Å². The minimum atomic E-state index is -1.87. The van der Waals surface area contributed by atoms with Crippen LogP contribution in [0.15, 0.2) is 58.0 Å². The van der Waals surface area contributed by atoms with Gasteiger partial charge in [-0.05, 0) is 127 Å². The summed E-state index contributed by atoms with van der Waals surface area (Å²) in [5, 5.41) is 0.368. The minimum Gasteiger partial charge on any atom is -0.413 e. The van der Waals surface area contributed by atoms with Crippen LogP contribution in [0.3, 0.4) is 0 Å². The van der Waals surface area contributed by atoms with Crippen LogP contribution in [0.5, 0.6) is 0 Å². The Hall–Kier alpha value is -0.766. The Morgan fingerprint density at radius 2 is 1.25 bits per heavy atom. The van der Waals surface area contributed by atoms with Crippen molar-refractivity contribution >= 4 is 54.1 Å². The molecule has 0 spiro atoms. The predicted molar refractivity (Wildman–Crippen MR) is 188 cm³/mol. The van der Waals surface area contributed by atoms with Crippen LogP contribution >= 0.6 is 31.9 Å². The van der Waals surface area contributed by atoms with Crippen molar-refractivity contribution in [1.82, 2.24) is 0 Å². The monoisotopic (exact) mass is 706 g/mol. The summed E-state index contributed by atoms with van der Waals surface area (Å²) >= 11 is 6.92. The first-order valence-corrected chi connectivity index (χ1v) is 22.0. The van der Waals surface area contributed by atoms with E-state index in [1.54, 1.807) is 0 Å². The maximum atomic E-state index is 6.71. The van der Waals surface area contributed by atoms with Crippen LogP contribution in [0.2, 0.25) is 36.3 Å². The third-order valence-electron chi connectivity index (χ3n) is 8.85. The Morgan fingerprint density at radius 3 is 1.75 bits per heavy atom. The molecule has 0 radical (unpaired) electrons. The van der Waals surface area contributed by atoms with E-state index in [0.29, 0.717) is 13.2 Å². The highest BCUT2D eigenvalue weighted by atomic mass is 79.9. The molecule has 0 bridgehead atoms. The predicted octanol–water partition coefficient (Wildman–Crippen LogP) is 11.9. The average molecular weight is 709 g/mol. The molecule has 0 heterocycles. The van der Waals surface area contributed by atoms with E-state index in [4.69, 9.17) is 8.85 Å². The van der Waals surface area contributed by atoms with Gasteiger partial charge in [-0.1, -0.05) is 97.0 Å². The molecule has 6 heteroatoms. The number of benzene rings is 2. The summed E-state index contributed by atoms with van der Waals surface area (Å²) in [5.74, 6) is 0. The van der Waals surface area contributed by atoms with Crippen molar-refractivity contribution in [2.75, 3.05) is 0 Å². The molecule has 0 aliphatic carbocycles. The second kappa shape index (κ2) is 14.6. The van der Waals surface area contributed by atoms with Gasteiger partial charge in [-0.2, -0.15) is 0 Å². The summed E-state index contributed by atoms with van der Waals surface area (Å²) in [7, 11) is -3.72. The molecule has 0 saturated heterocycles. The molecule has 0 amide bonds. The molecule has 2 aromatic rings. The van der Waals surface area contributed by atoms with Crippen molar-refractivity contribution in [2.24, 2.45) is 0 Å². The van der Waals surface area contributed by atoms with Crippen LogP contribution in [-0.4, -0.2) is 16.6 Å². The Bertz CT molecular complexity index is 1180. The van der Waals surface area contributed by atoms with Gasteiger partial charge in [0.2, 0.25) is 0 Å². The normalized spacial score (nSPS) is 13.5. The highest BCUT2D eigenvalue weighted by Gasteiger charge is 2.38. The first-order valence-electron chi connectivity index (χ1n) is 14.6. The summed E-state index contributed by atoms with van der Waals surface area (Å²) in [6, 6.07) is 15.9. The third kappa shape index (κ3) is 10.5. The van der Waals surface area contributed by atoms with Crippen molar-refractivity contribution in [3.63, 3.8) is 0 Å². The van der Waals surface area contributed by atoms with Gasteiger partial charge in [0.05, 0.1) is 16.6 Å². The number of allylic oxidation sites excluding steroid dienone is 3. The van der Waals surface area contributed by atoms with E-state index in [-0.39, 0.29) is 10.1 Å². The van der Waals surface area contributed by atoms with Gasteiger partial charge in [0.1, 0.15) is 0 Å². The molecular formula is C34H52Br2O2Si2. The van der Waals surface area contributed by atoms with Gasteiger partial charge in [-0.15, -0.1) is 0 Å². The Kier molecular flexibility index (Phi) is 12.9. The van der Waals surface area contributed by atoms with E-state index < -0.39 is 16.6 Å². The highest BCUT2D eigenvalue weighted by molar-refractivity contribution is 9.28. The molecule has 40 heavy (non-hydrogen) atoms. The van der Waals surface area contributed by atoms with Gasteiger partial charge in [-0.3, -0.25) is 0 Å². The Balaban J connectivity index is 2.29. The lowest BCUT2D eigenvalue weighted by atomic mass is 9.96. The molecule has 0 aliphatic heterocycles. The summed E-state index contributed by atoms with van der Waals surface area (Å²) in [6.45, 7) is 26.7. The Labute approximate surface area is 264 Å². The largest absolute Gasteiger partial charge is 0.413 e. The quantitative estimate of drug-likeness (QED) is 0.161. The lowest BCUT2D eigenvalue weighted by molar-refractivity contribution is 0.257. The van der Waals surface area contributed by atoms with E-state index >= 15 is 0 Å². The SMILES string of the molecule is CC/C(=C\C=C(Br)Br)c1cccc(CCc2ccc(CO[Si](C)(C)C(C)(C)C)c(CO[Si](C)(C)C(C)(C)C)c2)c1. The molecule has 2 rings (SSSR count). The van der Waals surface area contributed by atoms with E-state index in [0.717, 1.165) is 22.7 Å². The van der Waals surface area contributed by atoms with Crippen LogP contribution in [0.1, 0.15) is 82.7 Å².